The van der Waals surface area contributed by atoms with Gasteiger partial charge in [-0.1, -0.05) is 41.9 Å². The van der Waals surface area contributed by atoms with Crippen molar-refractivity contribution < 1.29 is 4.79 Å². The van der Waals surface area contributed by atoms with Crippen LogP contribution in [0.5, 0.6) is 0 Å². The van der Waals surface area contributed by atoms with Crippen LogP contribution < -0.4 is 5.32 Å². The zero-order valence-corrected chi connectivity index (χ0v) is 13.9. The lowest BCUT2D eigenvalue weighted by Gasteiger charge is -2.08. The molecule has 0 saturated heterocycles. The number of hydrogen-bond acceptors (Lipinski definition) is 4. The molecule has 0 aliphatic carbocycles. The van der Waals surface area contributed by atoms with Gasteiger partial charge in [0, 0.05) is 29.2 Å². The van der Waals surface area contributed by atoms with Crippen molar-refractivity contribution in [2.45, 2.75) is 20.0 Å². The summed E-state index contributed by atoms with van der Waals surface area (Å²) in [5, 5.41) is 15.1. The molecule has 0 unspecified atom stereocenters. The number of carbonyl (C=O) groups is 1. The lowest BCUT2D eigenvalue weighted by molar-refractivity contribution is 0.0951. The number of rotatable bonds is 5. The van der Waals surface area contributed by atoms with Gasteiger partial charge in [-0.25, -0.2) is 4.68 Å². The molecule has 122 valence electrons. The highest BCUT2D eigenvalue weighted by atomic mass is 35.5. The van der Waals surface area contributed by atoms with Gasteiger partial charge in [0.1, 0.15) is 0 Å². The Balaban J connectivity index is 1.76. The minimum absolute atomic E-state index is 0.174. The topological polar surface area (TPSA) is 72.7 Å². The van der Waals surface area contributed by atoms with Crippen LogP contribution in [0.1, 0.15) is 22.8 Å². The second-order valence-corrected chi connectivity index (χ2v) is 5.58. The molecule has 1 amide bonds. The number of aryl methyl sites for hydroxylation is 1. The summed E-state index contributed by atoms with van der Waals surface area (Å²) in [4.78, 5) is 12.4. The van der Waals surface area contributed by atoms with E-state index in [1.807, 2.05) is 37.3 Å². The Morgan fingerprint density at radius 3 is 2.83 bits per heavy atom. The summed E-state index contributed by atoms with van der Waals surface area (Å²) >= 11 is 6.10. The van der Waals surface area contributed by atoms with Crippen molar-refractivity contribution in [2.75, 3.05) is 0 Å². The summed E-state index contributed by atoms with van der Waals surface area (Å²) in [5.41, 5.74) is 2.22. The van der Waals surface area contributed by atoms with E-state index in [-0.39, 0.29) is 5.91 Å². The van der Waals surface area contributed by atoms with E-state index < -0.39 is 0 Å². The van der Waals surface area contributed by atoms with Gasteiger partial charge in [0.05, 0.1) is 0 Å². The SMILES string of the molecule is CCn1nnnc1-c1cccc(C(=O)NCc2ccccc2Cl)c1. The second kappa shape index (κ2) is 7.23. The van der Waals surface area contributed by atoms with Crippen LogP contribution in [0.15, 0.2) is 48.5 Å². The first-order valence-corrected chi connectivity index (χ1v) is 7.95. The lowest BCUT2D eigenvalue weighted by atomic mass is 10.1. The monoisotopic (exact) mass is 341 g/mol. The number of aromatic nitrogens is 4. The molecule has 1 N–H and O–H groups in total. The molecule has 0 aliphatic heterocycles. The van der Waals surface area contributed by atoms with E-state index >= 15 is 0 Å². The molecule has 0 fully saturated rings. The van der Waals surface area contributed by atoms with Crippen LogP contribution in [0.4, 0.5) is 0 Å². The smallest absolute Gasteiger partial charge is 0.251 e. The molecule has 0 aliphatic rings. The number of benzene rings is 2. The van der Waals surface area contributed by atoms with Crippen LogP contribution in [0.2, 0.25) is 5.02 Å². The number of nitrogens with zero attached hydrogens (tertiary/aromatic N) is 4. The van der Waals surface area contributed by atoms with Crippen molar-refractivity contribution in [3.8, 4) is 11.4 Å². The molecule has 0 atom stereocenters. The quantitative estimate of drug-likeness (QED) is 0.774. The van der Waals surface area contributed by atoms with E-state index in [2.05, 4.69) is 20.8 Å². The summed E-state index contributed by atoms with van der Waals surface area (Å²) in [6, 6.07) is 14.7. The number of carbonyl (C=O) groups excluding carboxylic acids is 1. The zero-order valence-electron chi connectivity index (χ0n) is 13.1. The number of tetrazole rings is 1. The van der Waals surface area contributed by atoms with Gasteiger partial charge in [-0.2, -0.15) is 0 Å². The van der Waals surface area contributed by atoms with Gasteiger partial charge in [0.25, 0.3) is 5.91 Å². The molecule has 0 spiro atoms. The number of hydrogen-bond donors (Lipinski definition) is 1. The maximum atomic E-state index is 12.4. The van der Waals surface area contributed by atoms with Crippen LogP contribution in [0.25, 0.3) is 11.4 Å². The van der Waals surface area contributed by atoms with Crippen LogP contribution in [0.3, 0.4) is 0 Å². The molecule has 1 heterocycles. The predicted molar refractivity (Wildman–Crippen MR) is 91.5 cm³/mol. The molecular formula is C17H16ClN5O. The predicted octanol–water partition coefficient (Wildman–Crippen LogP) is 2.94. The van der Waals surface area contributed by atoms with Crippen LogP contribution in [-0.4, -0.2) is 26.1 Å². The molecule has 3 aromatic rings. The van der Waals surface area contributed by atoms with E-state index in [9.17, 15) is 4.79 Å². The zero-order chi connectivity index (χ0) is 16.9. The summed E-state index contributed by atoms with van der Waals surface area (Å²) < 4.78 is 1.68. The van der Waals surface area contributed by atoms with E-state index in [0.717, 1.165) is 11.1 Å². The molecule has 24 heavy (non-hydrogen) atoms. The maximum absolute atomic E-state index is 12.4. The number of amides is 1. The minimum Gasteiger partial charge on any atom is -0.348 e. The Bertz CT molecular complexity index is 861. The van der Waals surface area contributed by atoms with Crippen molar-refractivity contribution in [3.05, 3.63) is 64.7 Å². The van der Waals surface area contributed by atoms with Crippen molar-refractivity contribution in [1.82, 2.24) is 25.5 Å². The Morgan fingerprint density at radius 2 is 2.04 bits per heavy atom. The van der Waals surface area contributed by atoms with Gasteiger partial charge in [-0.15, -0.1) is 5.10 Å². The summed E-state index contributed by atoms with van der Waals surface area (Å²) in [5.74, 6) is 0.463. The van der Waals surface area contributed by atoms with Gasteiger partial charge in [-0.3, -0.25) is 4.79 Å². The molecule has 3 rings (SSSR count). The summed E-state index contributed by atoms with van der Waals surface area (Å²) in [7, 11) is 0. The third kappa shape index (κ3) is 3.44. The first-order valence-electron chi connectivity index (χ1n) is 7.57. The molecule has 0 bridgehead atoms. The Kier molecular flexibility index (Phi) is 4.86. The standard InChI is InChI=1S/C17H16ClN5O/c1-2-23-16(20-21-22-23)12-7-5-8-13(10-12)17(24)19-11-14-6-3-4-9-15(14)18/h3-10H,2,11H2,1H3,(H,19,24). The van der Waals surface area contributed by atoms with Crippen molar-refractivity contribution in [3.63, 3.8) is 0 Å². The highest BCUT2D eigenvalue weighted by Gasteiger charge is 2.11. The Hall–Kier alpha value is -2.73. The van der Waals surface area contributed by atoms with Crippen LogP contribution in [0, 0.1) is 0 Å². The van der Waals surface area contributed by atoms with Crippen molar-refractivity contribution >= 4 is 17.5 Å². The van der Waals surface area contributed by atoms with Crippen molar-refractivity contribution in [2.24, 2.45) is 0 Å². The van der Waals surface area contributed by atoms with Crippen molar-refractivity contribution in [1.29, 1.82) is 0 Å². The highest BCUT2D eigenvalue weighted by molar-refractivity contribution is 6.31. The van der Waals surface area contributed by atoms with Gasteiger partial charge < -0.3 is 5.32 Å². The maximum Gasteiger partial charge on any atom is 0.251 e. The lowest BCUT2D eigenvalue weighted by Crippen LogP contribution is -2.23. The van der Waals surface area contributed by atoms with Crippen LogP contribution >= 0.6 is 11.6 Å². The number of nitrogens with one attached hydrogen (secondary N) is 1. The third-order valence-corrected chi connectivity index (χ3v) is 3.98. The molecule has 6 nitrogen and oxygen atoms in total. The third-order valence-electron chi connectivity index (χ3n) is 3.61. The second-order valence-electron chi connectivity index (χ2n) is 5.17. The highest BCUT2D eigenvalue weighted by Crippen LogP contribution is 2.18. The first-order chi connectivity index (χ1) is 11.7. The van der Waals surface area contributed by atoms with Gasteiger partial charge >= 0.3 is 0 Å². The average molecular weight is 342 g/mol. The Morgan fingerprint density at radius 1 is 1.21 bits per heavy atom. The molecule has 0 radical (unpaired) electrons. The van der Waals surface area contributed by atoms with E-state index in [4.69, 9.17) is 11.6 Å². The largest absolute Gasteiger partial charge is 0.348 e. The first kappa shape index (κ1) is 16.1. The molecular weight excluding hydrogens is 326 g/mol. The molecule has 7 heteroatoms. The van der Waals surface area contributed by atoms with Crippen LogP contribution in [-0.2, 0) is 13.1 Å². The van der Waals surface area contributed by atoms with E-state index in [1.165, 1.54) is 0 Å². The fraction of sp³-hybridized carbons (Fsp3) is 0.176. The fourth-order valence-corrected chi connectivity index (χ4v) is 2.55. The number of halogens is 1. The van der Waals surface area contributed by atoms with Gasteiger partial charge in [0.2, 0.25) is 0 Å². The van der Waals surface area contributed by atoms with E-state index in [1.54, 1.807) is 22.9 Å². The summed E-state index contributed by atoms with van der Waals surface area (Å²) in [6.45, 7) is 2.99. The molecule has 1 aromatic heterocycles. The average Bonchev–Trinajstić information content (AvgIpc) is 3.09. The molecule has 0 saturated carbocycles. The minimum atomic E-state index is -0.174. The normalized spacial score (nSPS) is 10.6. The molecule has 2 aromatic carbocycles. The fourth-order valence-electron chi connectivity index (χ4n) is 2.34. The summed E-state index contributed by atoms with van der Waals surface area (Å²) in [6.07, 6.45) is 0. The van der Waals surface area contributed by atoms with Gasteiger partial charge in [-0.05, 0) is 41.1 Å². The Labute approximate surface area is 144 Å². The van der Waals surface area contributed by atoms with E-state index in [0.29, 0.717) is 29.5 Å². The van der Waals surface area contributed by atoms with Gasteiger partial charge in [0.15, 0.2) is 5.82 Å².